The summed E-state index contributed by atoms with van der Waals surface area (Å²) in [6.45, 7) is -0.555. The smallest absolute Gasteiger partial charge is 0.331 e. The van der Waals surface area contributed by atoms with E-state index in [0.29, 0.717) is 0 Å². The fraction of sp³-hybridized carbons (Fsp3) is 0.500. The number of hydrogen-bond donors (Lipinski definition) is 5. The van der Waals surface area contributed by atoms with E-state index in [0.717, 1.165) is 0 Å². The second kappa shape index (κ2) is 12.2. The van der Waals surface area contributed by atoms with E-state index >= 15 is 0 Å². The minimum atomic E-state index is -1.24. The molecular weight excluding hydrogens is 421 g/mol. The summed E-state index contributed by atoms with van der Waals surface area (Å²) in [6.07, 6.45) is -0.292. The molecule has 0 aromatic rings. The second-order valence-corrected chi connectivity index (χ2v) is 6.17. The van der Waals surface area contributed by atoms with Crippen molar-refractivity contribution in [3.05, 3.63) is 9.71 Å². The molecule has 0 aromatic heterocycles. The maximum absolute atomic E-state index is 11.9. The molecule has 0 aliphatic rings. The lowest BCUT2D eigenvalue weighted by Crippen LogP contribution is -2.49. The highest BCUT2D eigenvalue weighted by Crippen LogP contribution is 2.18. The molecule has 2 unspecified atom stereocenters. The van der Waals surface area contributed by atoms with Gasteiger partial charge in [-0.05, 0) is 18.0 Å². The zero-order chi connectivity index (χ0) is 19.6. The van der Waals surface area contributed by atoms with Crippen molar-refractivity contribution in [3.8, 4) is 0 Å². The van der Waals surface area contributed by atoms with Crippen molar-refractivity contribution in [1.29, 1.82) is 0 Å². The Labute approximate surface area is 163 Å². The number of thiol groups is 1. The van der Waals surface area contributed by atoms with E-state index in [-0.39, 0.29) is 18.6 Å². The average Bonchev–Trinajstić information content (AvgIpc) is 2.54. The third-order valence-corrected chi connectivity index (χ3v) is 3.76. The molecule has 0 heterocycles. The van der Waals surface area contributed by atoms with Gasteiger partial charge in [0, 0.05) is 12.2 Å². The van der Waals surface area contributed by atoms with Crippen LogP contribution in [0.25, 0.3) is 0 Å². The fourth-order valence-corrected chi connectivity index (χ4v) is 1.75. The van der Waals surface area contributed by atoms with Crippen LogP contribution in [0.1, 0.15) is 12.8 Å². The molecule has 0 spiro atoms. The zero-order valence-electron chi connectivity index (χ0n) is 12.6. The van der Waals surface area contributed by atoms with Gasteiger partial charge >= 0.3 is 11.9 Å². The van der Waals surface area contributed by atoms with Gasteiger partial charge in [-0.25, -0.2) is 4.79 Å². The first kappa shape index (κ1) is 23.8. The topological polar surface area (TPSA) is 148 Å². The van der Waals surface area contributed by atoms with Crippen LogP contribution in [0.15, 0.2) is 9.71 Å². The Bertz CT molecular complexity index is 556. The molecule has 0 bridgehead atoms. The molecule has 0 aliphatic carbocycles. The summed E-state index contributed by atoms with van der Waals surface area (Å²) in [5, 5.41) is 12.6. The molecule has 0 fully saturated rings. The second-order valence-electron chi connectivity index (χ2n) is 4.51. The van der Waals surface area contributed by atoms with Gasteiger partial charge in [-0.2, -0.15) is 12.6 Å². The standard InChI is InChI=1S/C12H16Cl3N3O6S/c13-9(14)10(15)24-8(20)3-17-11(21)6(4-25)18-7(19)2-1-5(16)12(22)23/h5-6,25H,1-4,16H2,(H,17,21)(H,18,19)(H,22,23). The number of carboxylic acid groups (broad SMARTS) is 1. The minimum absolute atomic E-state index is 0.0637. The van der Waals surface area contributed by atoms with Crippen LogP contribution in [0.3, 0.4) is 0 Å². The molecule has 142 valence electrons. The number of rotatable bonds is 10. The van der Waals surface area contributed by atoms with Crippen LogP contribution in [-0.4, -0.2) is 53.2 Å². The number of esters is 1. The first-order valence-corrected chi connectivity index (χ1v) is 8.42. The molecular formula is C12H16Cl3N3O6S. The summed E-state index contributed by atoms with van der Waals surface area (Å²) in [6, 6.07) is -2.23. The van der Waals surface area contributed by atoms with E-state index in [2.05, 4.69) is 28.0 Å². The van der Waals surface area contributed by atoms with Gasteiger partial charge in [-0.3, -0.25) is 14.4 Å². The molecule has 5 N–H and O–H groups in total. The molecule has 0 radical (unpaired) electrons. The Kier molecular flexibility index (Phi) is 11.6. The van der Waals surface area contributed by atoms with Crippen LogP contribution in [-0.2, 0) is 23.9 Å². The van der Waals surface area contributed by atoms with Crippen molar-refractivity contribution in [2.75, 3.05) is 12.3 Å². The summed E-state index contributed by atoms with van der Waals surface area (Å²) in [7, 11) is 0. The van der Waals surface area contributed by atoms with Crippen molar-refractivity contribution in [1.82, 2.24) is 10.6 Å². The number of nitrogens with one attached hydrogen (secondary N) is 2. The highest BCUT2D eigenvalue weighted by molar-refractivity contribution is 7.80. The minimum Gasteiger partial charge on any atom is -0.480 e. The van der Waals surface area contributed by atoms with Gasteiger partial charge in [0.1, 0.15) is 18.6 Å². The van der Waals surface area contributed by atoms with E-state index in [1.807, 2.05) is 0 Å². The van der Waals surface area contributed by atoms with E-state index < -0.39 is 52.1 Å². The number of carbonyl (C=O) groups is 4. The number of aliphatic carboxylic acids is 1. The predicted molar refractivity (Wildman–Crippen MR) is 94.3 cm³/mol. The summed E-state index contributed by atoms with van der Waals surface area (Å²) in [5.74, 6) is -3.53. The highest BCUT2D eigenvalue weighted by Gasteiger charge is 2.21. The average molecular weight is 437 g/mol. The lowest BCUT2D eigenvalue weighted by Gasteiger charge is -2.16. The molecule has 25 heavy (non-hydrogen) atoms. The van der Waals surface area contributed by atoms with Crippen LogP contribution >= 0.6 is 47.4 Å². The molecule has 0 aromatic carbocycles. The van der Waals surface area contributed by atoms with Crippen LogP contribution in [0.5, 0.6) is 0 Å². The zero-order valence-corrected chi connectivity index (χ0v) is 15.8. The number of hydrogen-bond acceptors (Lipinski definition) is 7. The Balaban J connectivity index is 4.38. The van der Waals surface area contributed by atoms with E-state index in [1.54, 1.807) is 0 Å². The van der Waals surface area contributed by atoms with Crippen molar-refractivity contribution in [2.45, 2.75) is 24.9 Å². The van der Waals surface area contributed by atoms with Gasteiger partial charge < -0.3 is 26.2 Å². The van der Waals surface area contributed by atoms with Crippen molar-refractivity contribution in [2.24, 2.45) is 5.73 Å². The van der Waals surface area contributed by atoms with Gasteiger partial charge in [-0.15, -0.1) is 0 Å². The van der Waals surface area contributed by atoms with E-state index in [1.165, 1.54) is 0 Å². The van der Waals surface area contributed by atoms with Crippen LogP contribution in [0, 0.1) is 0 Å². The normalized spacial score (nSPS) is 12.5. The van der Waals surface area contributed by atoms with E-state index in [9.17, 15) is 19.2 Å². The van der Waals surface area contributed by atoms with Crippen molar-refractivity contribution >= 4 is 71.2 Å². The lowest BCUT2D eigenvalue weighted by molar-refractivity contribution is -0.139. The first-order chi connectivity index (χ1) is 11.6. The van der Waals surface area contributed by atoms with Crippen LogP contribution in [0.4, 0.5) is 0 Å². The monoisotopic (exact) mass is 435 g/mol. The SMILES string of the molecule is NC(CCC(=O)NC(CS)C(=O)NCC(=O)OC(Cl)=C(Cl)Cl)C(=O)O. The molecule has 2 amide bonds. The van der Waals surface area contributed by atoms with Gasteiger partial charge in [0.25, 0.3) is 0 Å². The lowest BCUT2D eigenvalue weighted by atomic mass is 10.1. The summed E-state index contributed by atoms with van der Waals surface area (Å²) < 4.78 is 4.04. The summed E-state index contributed by atoms with van der Waals surface area (Å²) in [5.41, 5.74) is 5.27. The molecule has 2 atom stereocenters. The Morgan fingerprint density at radius 2 is 1.80 bits per heavy atom. The van der Waals surface area contributed by atoms with Crippen LogP contribution in [0.2, 0.25) is 0 Å². The van der Waals surface area contributed by atoms with Gasteiger partial charge in [0.15, 0.2) is 4.49 Å². The largest absolute Gasteiger partial charge is 0.480 e. The number of halogens is 3. The maximum atomic E-state index is 11.9. The number of carbonyl (C=O) groups excluding carboxylic acids is 3. The number of ether oxygens (including phenoxy) is 1. The maximum Gasteiger partial charge on any atom is 0.331 e. The first-order valence-electron chi connectivity index (χ1n) is 6.66. The third kappa shape index (κ3) is 10.4. The molecule has 9 nitrogen and oxygen atoms in total. The molecule has 0 rings (SSSR count). The molecule has 0 saturated carbocycles. The van der Waals surface area contributed by atoms with Crippen molar-refractivity contribution in [3.63, 3.8) is 0 Å². The number of amides is 2. The van der Waals surface area contributed by atoms with E-state index in [4.69, 9.17) is 45.6 Å². The fourth-order valence-electron chi connectivity index (χ4n) is 1.33. The van der Waals surface area contributed by atoms with Crippen LogP contribution < -0.4 is 16.4 Å². The summed E-state index contributed by atoms with van der Waals surface area (Å²) >= 11 is 19.9. The highest BCUT2D eigenvalue weighted by atomic mass is 35.5. The van der Waals surface area contributed by atoms with Gasteiger partial charge in [0.05, 0.1) is 0 Å². The summed E-state index contributed by atoms with van der Waals surface area (Å²) in [4.78, 5) is 45.5. The van der Waals surface area contributed by atoms with Gasteiger partial charge in [-0.1, -0.05) is 23.2 Å². The van der Waals surface area contributed by atoms with Crippen molar-refractivity contribution < 1.29 is 29.0 Å². The quantitative estimate of drug-likeness (QED) is 0.185. The number of nitrogens with two attached hydrogens (primary N) is 1. The Hall–Kier alpha value is -1.20. The number of carboxylic acids is 1. The predicted octanol–water partition coefficient (Wildman–Crippen LogP) is 0.0955. The molecule has 13 heteroatoms. The van der Waals surface area contributed by atoms with Gasteiger partial charge in [0.2, 0.25) is 17.0 Å². The molecule has 0 aliphatic heterocycles. The Morgan fingerprint density at radius 3 is 2.28 bits per heavy atom. The third-order valence-electron chi connectivity index (χ3n) is 2.59. The molecule has 0 saturated heterocycles. The Morgan fingerprint density at radius 1 is 1.20 bits per heavy atom.